The summed E-state index contributed by atoms with van der Waals surface area (Å²) in [5.41, 5.74) is 6.02. The lowest BCUT2D eigenvalue weighted by molar-refractivity contribution is -0.121. The number of benzene rings is 1. The average Bonchev–Trinajstić information content (AvgIpc) is 2.33. The van der Waals surface area contributed by atoms with Gasteiger partial charge in [0.2, 0.25) is 5.91 Å². The van der Waals surface area contributed by atoms with Crippen molar-refractivity contribution < 1.29 is 13.9 Å². The maximum absolute atomic E-state index is 13.1. The SMILES string of the molecule is COc1ccc(F)cc1CCC(=O)NCC(C)(C)N. The van der Waals surface area contributed by atoms with E-state index in [-0.39, 0.29) is 18.1 Å². The second-order valence-electron chi connectivity index (χ2n) is 5.22. The van der Waals surface area contributed by atoms with E-state index in [9.17, 15) is 9.18 Å². The molecule has 0 unspecified atom stereocenters. The number of hydrogen-bond donors (Lipinski definition) is 2. The van der Waals surface area contributed by atoms with Gasteiger partial charge >= 0.3 is 0 Å². The van der Waals surface area contributed by atoms with Gasteiger partial charge in [-0.15, -0.1) is 0 Å². The first-order chi connectivity index (χ1) is 8.81. The van der Waals surface area contributed by atoms with Crippen LogP contribution in [0, 0.1) is 5.82 Å². The van der Waals surface area contributed by atoms with Crippen molar-refractivity contribution in [2.75, 3.05) is 13.7 Å². The van der Waals surface area contributed by atoms with E-state index < -0.39 is 5.54 Å². The molecule has 106 valence electrons. The van der Waals surface area contributed by atoms with Crippen molar-refractivity contribution in [1.29, 1.82) is 0 Å². The van der Waals surface area contributed by atoms with E-state index in [1.165, 1.54) is 19.2 Å². The first-order valence-corrected chi connectivity index (χ1v) is 6.20. The maximum atomic E-state index is 13.1. The lowest BCUT2D eigenvalue weighted by atomic mass is 10.1. The van der Waals surface area contributed by atoms with Crippen LogP contribution in [0.3, 0.4) is 0 Å². The predicted octanol–water partition coefficient (Wildman–Crippen LogP) is 1.62. The molecule has 1 aromatic carbocycles. The van der Waals surface area contributed by atoms with E-state index in [0.717, 1.165) is 0 Å². The molecule has 5 heteroatoms. The fourth-order valence-corrected chi connectivity index (χ4v) is 1.61. The van der Waals surface area contributed by atoms with Crippen molar-refractivity contribution in [1.82, 2.24) is 5.32 Å². The van der Waals surface area contributed by atoms with Gasteiger partial charge in [0, 0.05) is 18.5 Å². The second kappa shape index (κ2) is 6.52. The van der Waals surface area contributed by atoms with E-state index in [1.54, 1.807) is 6.07 Å². The third kappa shape index (κ3) is 5.70. The van der Waals surface area contributed by atoms with E-state index in [2.05, 4.69) is 5.32 Å². The second-order valence-corrected chi connectivity index (χ2v) is 5.22. The van der Waals surface area contributed by atoms with Crippen LogP contribution in [0.1, 0.15) is 25.8 Å². The Labute approximate surface area is 113 Å². The molecule has 0 saturated heterocycles. The molecule has 0 atom stereocenters. The number of aryl methyl sites for hydroxylation is 1. The molecule has 0 aliphatic rings. The van der Waals surface area contributed by atoms with E-state index >= 15 is 0 Å². The highest BCUT2D eigenvalue weighted by Gasteiger charge is 2.13. The standard InChI is InChI=1S/C14H21FN2O2/c1-14(2,16)9-17-13(18)7-4-10-8-11(15)5-6-12(10)19-3/h5-6,8H,4,7,9,16H2,1-3H3,(H,17,18). The molecule has 0 fully saturated rings. The van der Waals surface area contributed by atoms with Gasteiger partial charge in [-0.25, -0.2) is 4.39 Å². The Morgan fingerprint density at radius 2 is 2.16 bits per heavy atom. The van der Waals surface area contributed by atoms with Crippen molar-refractivity contribution in [3.05, 3.63) is 29.6 Å². The summed E-state index contributed by atoms with van der Waals surface area (Å²) in [4.78, 5) is 11.6. The first-order valence-electron chi connectivity index (χ1n) is 6.20. The Morgan fingerprint density at radius 3 is 2.74 bits per heavy atom. The minimum absolute atomic E-state index is 0.107. The first kappa shape index (κ1) is 15.4. The number of nitrogens with two attached hydrogens (primary N) is 1. The Bertz CT molecular complexity index is 442. The summed E-state index contributed by atoms with van der Waals surface area (Å²) in [6, 6.07) is 4.28. The number of hydrogen-bond acceptors (Lipinski definition) is 3. The van der Waals surface area contributed by atoms with E-state index in [1.807, 2.05) is 13.8 Å². The van der Waals surface area contributed by atoms with Gasteiger partial charge < -0.3 is 15.8 Å². The minimum atomic E-state index is -0.438. The lowest BCUT2D eigenvalue weighted by Crippen LogP contribution is -2.45. The third-order valence-electron chi connectivity index (χ3n) is 2.61. The summed E-state index contributed by atoms with van der Waals surface area (Å²) < 4.78 is 18.3. The zero-order valence-electron chi connectivity index (χ0n) is 11.6. The highest BCUT2D eigenvalue weighted by molar-refractivity contribution is 5.76. The van der Waals surface area contributed by atoms with Crippen molar-refractivity contribution in [3.8, 4) is 5.75 Å². The molecule has 1 aromatic rings. The van der Waals surface area contributed by atoms with Crippen molar-refractivity contribution in [3.63, 3.8) is 0 Å². The molecule has 1 rings (SSSR count). The number of methoxy groups -OCH3 is 1. The molecular weight excluding hydrogens is 247 g/mol. The van der Waals surface area contributed by atoms with Gasteiger partial charge in [0.05, 0.1) is 7.11 Å². The molecule has 0 radical (unpaired) electrons. The van der Waals surface area contributed by atoms with Crippen molar-refractivity contribution >= 4 is 5.91 Å². The predicted molar refractivity (Wildman–Crippen MR) is 72.5 cm³/mol. The highest BCUT2D eigenvalue weighted by atomic mass is 19.1. The molecule has 0 bridgehead atoms. The van der Waals surface area contributed by atoms with Crippen LogP contribution in [0.25, 0.3) is 0 Å². The molecule has 0 spiro atoms. The van der Waals surface area contributed by atoms with Crippen LogP contribution in [0.4, 0.5) is 4.39 Å². The van der Waals surface area contributed by atoms with Gasteiger partial charge in [0.1, 0.15) is 11.6 Å². The zero-order chi connectivity index (χ0) is 14.5. The molecule has 0 aliphatic carbocycles. The van der Waals surface area contributed by atoms with Crippen LogP contribution < -0.4 is 15.8 Å². The lowest BCUT2D eigenvalue weighted by Gasteiger charge is -2.18. The molecule has 3 N–H and O–H groups in total. The summed E-state index contributed by atoms with van der Waals surface area (Å²) in [7, 11) is 1.52. The number of rotatable bonds is 6. The Balaban J connectivity index is 2.52. The molecule has 0 aliphatic heterocycles. The molecule has 1 amide bonds. The molecule has 19 heavy (non-hydrogen) atoms. The zero-order valence-corrected chi connectivity index (χ0v) is 11.6. The van der Waals surface area contributed by atoms with Crippen LogP contribution in [-0.4, -0.2) is 25.1 Å². The molecule has 0 aromatic heterocycles. The average molecular weight is 268 g/mol. The Hall–Kier alpha value is -1.62. The molecule has 0 saturated carbocycles. The number of nitrogens with one attached hydrogen (secondary N) is 1. The molecule has 4 nitrogen and oxygen atoms in total. The van der Waals surface area contributed by atoms with Crippen LogP contribution >= 0.6 is 0 Å². The summed E-state index contributed by atoms with van der Waals surface area (Å²) in [6.07, 6.45) is 0.702. The largest absolute Gasteiger partial charge is 0.496 e. The maximum Gasteiger partial charge on any atom is 0.220 e. The van der Waals surface area contributed by atoms with E-state index in [4.69, 9.17) is 10.5 Å². The van der Waals surface area contributed by atoms with Crippen LogP contribution in [0.2, 0.25) is 0 Å². The monoisotopic (exact) mass is 268 g/mol. The normalized spacial score (nSPS) is 11.2. The van der Waals surface area contributed by atoms with Crippen LogP contribution in [-0.2, 0) is 11.2 Å². The topological polar surface area (TPSA) is 64.3 Å². The highest BCUT2D eigenvalue weighted by Crippen LogP contribution is 2.20. The summed E-state index contributed by atoms with van der Waals surface area (Å²) in [5.74, 6) is 0.150. The Kier molecular flexibility index (Phi) is 5.30. The number of carbonyl (C=O) groups excluding carboxylic acids is 1. The fourth-order valence-electron chi connectivity index (χ4n) is 1.61. The molecular formula is C14H21FN2O2. The third-order valence-corrected chi connectivity index (χ3v) is 2.61. The molecule has 0 heterocycles. The van der Waals surface area contributed by atoms with Crippen LogP contribution in [0.15, 0.2) is 18.2 Å². The number of amides is 1. The van der Waals surface area contributed by atoms with Gasteiger partial charge in [0.25, 0.3) is 0 Å². The quantitative estimate of drug-likeness (QED) is 0.824. The minimum Gasteiger partial charge on any atom is -0.496 e. The number of halogens is 1. The van der Waals surface area contributed by atoms with Gasteiger partial charge in [-0.05, 0) is 44.0 Å². The Morgan fingerprint density at radius 1 is 1.47 bits per heavy atom. The number of ether oxygens (including phenoxy) is 1. The van der Waals surface area contributed by atoms with Gasteiger partial charge in [-0.3, -0.25) is 4.79 Å². The van der Waals surface area contributed by atoms with Crippen LogP contribution in [0.5, 0.6) is 5.75 Å². The van der Waals surface area contributed by atoms with Gasteiger partial charge in [-0.2, -0.15) is 0 Å². The number of carbonyl (C=O) groups is 1. The van der Waals surface area contributed by atoms with Gasteiger partial charge in [-0.1, -0.05) is 0 Å². The summed E-state index contributed by atoms with van der Waals surface area (Å²) >= 11 is 0. The summed E-state index contributed by atoms with van der Waals surface area (Å²) in [5, 5.41) is 2.75. The van der Waals surface area contributed by atoms with Gasteiger partial charge in [0.15, 0.2) is 0 Å². The van der Waals surface area contributed by atoms with Crippen molar-refractivity contribution in [2.24, 2.45) is 5.73 Å². The smallest absolute Gasteiger partial charge is 0.220 e. The fraction of sp³-hybridized carbons (Fsp3) is 0.500. The van der Waals surface area contributed by atoms with Crippen molar-refractivity contribution in [2.45, 2.75) is 32.2 Å². The summed E-state index contributed by atoms with van der Waals surface area (Å²) in [6.45, 7) is 4.08. The van der Waals surface area contributed by atoms with E-state index in [0.29, 0.717) is 24.3 Å².